The van der Waals surface area contributed by atoms with E-state index < -0.39 is 0 Å². The second-order valence-electron chi connectivity index (χ2n) is 10.8. The van der Waals surface area contributed by atoms with E-state index >= 15 is 0 Å². The number of likely N-dealkylation sites (tertiary alicyclic amines) is 2. The summed E-state index contributed by atoms with van der Waals surface area (Å²) in [7, 11) is 0. The van der Waals surface area contributed by atoms with Crippen LogP contribution in [0.25, 0.3) is 0 Å². The predicted molar refractivity (Wildman–Crippen MR) is 116 cm³/mol. The van der Waals surface area contributed by atoms with Crippen molar-refractivity contribution in [2.24, 2.45) is 29.6 Å². The van der Waals surface area contributed by atoms with Gasteiger partial charge in [0.2, 0.25) is 0 Å². The second kappa shape index (κ2) is 9.16. The van der Waals surface area contributed by atoms with E-state index in [9.17, 15) is 0 Å². The Morgan fingerprint density at radius 3 is 2.00 bits per heavy atom. The molecule has 0 amide bonds. The maximum atomic E-state index is 2.92. The highest BCUT2D eigenvalue weighted by atomic mass is 15.2. The normalized spacial score (nSPS) is 39.9. The Hall–Kier alpha value is -0.0800. The number of piperidine rings is 2. The van der Waals surface area contributed by atoms with E-state index in [0.717, 1.165) is 41.7 Å². The van der Waals surface area contributed by atoms with Crippen molar-refractivity contribution in [2.45, 2.75) is 103 Å². The zero-order chi connectivity index (χ0) is 18.8. The molecule has 2 saturated carbocycles. The molecule has 5 unspecified atom stereocenters. The summed E-state index contributed by atoms with van der Waals surface area (Å²) in [6.45, 7) is 13.1. The number of nitrogens with zero attached hydrogens (tertiary/aromatic N) is 2. The molecule has 0 aromatic heterocycles. The van der Waals surface area contributed by atoms with Crippen molar-refractivity contribution < 1.29 is 0 Å². The lowest BCUT2D eigenvalue weighted by molar-refractivity contribution is -0.0168. The smallest absolute Gasteiger partial charge is 0.00955 e. The highest BCUT2D eigenvalue weighted by Gasteiger charge is 2.41. The van der Waals surface area contributed by atoms with Gasteiger partial charge in [0.25, 0.3) is 0 Å². The minimum Gasteiger partial charge on any atom is -0.300 e. The van der Waals surface area contributed by atoms with Gasteiger partial charge in [-0.25, -0.2) is 0 Å². The maximum absolute atomic E-state index is 2.92. The predicted octanol–water partition coefficient (Wildman–Crippen LogP) is 5.81. The van der Waals surface area contributed by atoms with Crippen LogP contribution >= 0.6 is 0 Å². The van der Waals surface area contributed by atoms with E-state index in [2.05, 4.69) is 30.6 Å². The van der Waals surface area contributed by atoms with Gasteiger partial charge >= 0.3 is 0 Å². The molecule has 27 heavy (non-hydrogen) atoms. The summed E-state index contributed by atoms with van der Waals surface area (Å²) < 4.78 is 0. The lowest BCUT2D eigenvalue weighted by Crippen LogP contribution is -2.53. The van der Waals surface area contributed by atoms with E-state index in [1.54, 1.807) is 0 Å². The van der Waals surface area contributed by atoms with Crippen molar-refractivity contribution in [2.75, 3.05) is 26.2 Å². The third kappa shape index (κ3) is 4.42. The fourth-order valence-electron chi connectivity index (χ4n) is 7.12. The van der Waals surface area contributed by atoms with Gasteiger partial charge in [0.05, 0.1) is 0 Å². The van der Waals surface area contributed by atoms with Crippen LogP contribution in [-0.2, 0) is 0 Å². The number of hydrogen-bond donors (Lipinski definition) is 0. The highest BCUT2D eigenvalue weighted by Crippen LogP contribution is 2.42. The van der Waals surface area contributed by atoms with Crippen LogP contribution in [-0.4, -0.2) is 48.1 Å². The molecule has 156 valence electrons. The summed E-state index contributed by atoms with van der Waals surface area (Å²) in [6, 6.07) is 1.89. The van der Waals surface area contributed by atoms with Crippen LogP contribution in [0.3, 0.4) is 0 Å². The lowest BCUT2D eigenvalue weighted by atomic mass is 9.68. The molecule has 0 aromatic rings. The fraction of sp³-hybridized carbons (Fsp3) is 1.00. The summed E-state index contributed by atoms with van der Waals surface area (Å²) in [5, 5.41) is 0. The van der Waals surface area contributed by atoms with Crippen molar-refractivity contribution in [3.63, 3.8) is 0 Å². The van der Waals surface area contributed by atoms with Crippen molar-refractivity contribution in [1.29, 1.82) is 0 Å². The van der Waals surface area contributed by atoms with Crippen LogP contribution in [0.2, 0.25) is 0 Å². The number of rotatable bonds is 7. The monoisotopic (exact) mass is 374 g/mol. The second-order valence-corrected chi connectivity index (χ2v) is 10.8. The Labute approximate surface area is 169 Å². The Morgan fingerprint density at radius 2 is 1.41 bits per heavy atom. The van der Waals surface area contributed by atoms with Gasteiger partial charge in [-0.3, -0.25) is 4.90 Å². The Morgan fingerprint density at radius 1 is 0.741 bits per heavy atom. The molecule has 2 heterocycles. The first-order chi connectivity index (χ1) is 13.2. The molecule has 2 aliphatic heterocycles. The van der Waals surface area contributed by atoms with E-state index in [1.165, 1.54) is 96.8 Å². The molecular formula is C25H46N2. The molecule has 2 heteroatoms. The van der Waals surface area contributed by atoms with Gasteiger partial charge in [0, 0.05) is 31.7 Å². The summed E-state index contributed by atoms with van der Waals surface area (Å²) >= 11 is 0. The molecule has 4 rings (SSSR count). The minimum atomic E-state index is 0.908. The maximum Gasteiger partial charge on any atom is 0.00955 e. The fourth-order valence-corrected chi connectivity index (χ4v) is 7.12. The summed E-state index contributed by atoms with van der Waals surface area (Å²) in [4.78, 5) is 5.84. The largest absolute Gasteiger partial charge is 0.300 e. The van der Waals surface area contributed by atoms with Crippen molar-refractivity contribution >= 4 is 0 Å². The quantitative estimate of drug-likeness (QED) is 0.554. The van der Waals surface area contributed by atoms with E-state index in [1.807, 2.05) is 0 Å². The summed E-state index contributed by atoms with van der Waals surface area (Å²) in [6.07, 6.45) is 16.2. The highest BCUT2D eigenvalue weighted by molar-refractivity contribution is 4.94. The van der Waals surface area contributed by atoms with Crippen LogP contribution in [0.5, 0.6) is 0 Å². The first kappa shape index (κ1) is 20.2. The van der Waals surface area contributed by atoms with Crippen LogP contribution < -0.4 is 0 Å². The molecule has 2 aliphatic carbocycles. The average molecular weight is 375 g/mol. The molecule has 2 saturated heterocycles. The Bertz CT molecular complexity index is 455. The summed E-state index contributed by atoms with van der Waals surface area (Å²) in [5.74, 6) is 4.84. The van der Waals surface area contributed by atoms with E-state index in [4.69, 9.17) is 0 Å². The van der Waals surface area contributed by atoms with Gasteiger partial charge in [0.1, 0.15) is 0 Å². The topological polar surface area (TPSA) is 6.48 Å². The lowest BCUT2D eigenvalue weighted by Gasteiger charge is -2.51. The molecule has 0 radical (unpaired) electrons. The van der Waals surface area contributed by atoms with Gasteiger partial charge in [-0.2, -0.15) is 0 Å². The first-order valence-electron chi connectivity index (χ1n) is 12.7. The Kier molecular flexibility index (Phi) is 6.85. The molecule has 0 aromatic carbocycles. The van der Waals surface area contributed by atoms with Gasteiger partial charge < -0.3 is 4.90 Å². The molecule has 4 fully saturated rings. The van der Waals surface area contributed by atoms with Crippen LogP contribution in [0.1, 0.15) is 91.4 Å². The van der Waals surface area contributed by atoms with E-state index in [-0.39, 0.29) is 0 Å². The van der Waals surface area contributed by atoms with Crippen LogP contribution in [0.4, 0.5) is 0 Å². The van der Waals surface area contributed by atoms with E-state index in [0.29, 0.717) is 0 Å². The average Bonchev–Trinajstić information content (AvgIpc) is 2.54. The van der Waals surface area contributed by atoms with Crippen molar-refractivity contribution in [1.82, 2.24) is 9.80 Å². The van der Waals surface area contributed by atoms with Crippen LogP contribution in [0, 0.1) is 29.6 Å². The molecule has 4 aliphatic rings. The van der Waals surface area contributed by atoms with Gasteiger partial charge in [-0.1, -0.05) is 52.9 Å². The molecule has 0 spiro atoms. The van der Waals surface area contributed by atoms with Gasteiger partial charge in [-0.05, 0) is 74.7 Å². The third-order valence-corrected chi connectivity index (χ3v) is 9.17. The minimum absolute atomic E-state index is 0.908. The van der Waals surface area contributed by atoms with Crippen molar-refractivity contribution in [3.05, 3.63) is 0 Å². The molecular weight excluding hydrogens is 328 g/mol. The zero-order valence-electron chi connectivity index (χ0n) is 18.5. The standard InChI is InChI=1S/C25H46N2/c1-4-8-20-13-14-26(23-9-6-10-23)17-21(20)15-22-18-27(24-11-7-12-24)16-19(3)25(22)5-2/h19-25H,4-18H2,1-3H3. The first-order valence-corrected chi connectivity index (χ1v) is 12.7. The third-order valence-electron chi connectivity index (χ3n) is 9.17. The van der Waals surface area contributed by atoms with Gasteiger partial charge in [0.15, 0.2) is 0 Å². The van der Waals surface area contributed by atoms with Crippen LogP contribution in [0.15, 0.2) is 0 Å². The Balaban J connectivity index is 1.43. The van der Waals surface area contributed by atoms with Gasteiger partial charge in [-0.15, -0.1) is 0 Å². The molecule has 0 bridgehead atoms. The van der Waals surface area contributed by atoms with Crippen molar-refractivity contribution in [3.8, 4) is 0 Å². The number of hydrogen-bond acceptors (Lipinski definition) is 2. The zero-order valence-corrected chi connectivity index (χ0v) is 18.5. The molecule has 2 nitrogen and oxygen atoms in total. The summed E-state index contributed by atoms with van der Waals surface area (Å²) in [5.41, 5.74) is 0. The SMILES string of the molecule is CCCC1CCN(C2CCC2)CC1CC1CN(C2CCC2)CC(C)C1CC. The molecule has 5 atom stereocenters. The molecule has 0 N–H and O–H groups in total.